The summed E-state index contributed by atoms with van der Waals surface area (Å²) in [5, 5.41) is 0. The van der Waals surface area contributed by atoms with Gasteiger partial charge in [0.15, 0.2) is 17.4 Å². The largest absolute Gasteiger partial charge is 0.458 e. The minimum atomic E-state index is -1.24. The van der Waals surface area contributed by atoms with Crippen LogP contribution in [0.1, 0.15) is 0 Å². The molecule has 0 aromatic carbocycles. The lowest BCUT2D eigenvalue weighted by Gasteiger charge is -2.25. The molecule has 1 unspecified atom stereocenters. The first-order valence-corrected chi connectivity index (χ1v) is 14.8. The van der Waals surface area contributed by atoms with Gasteiger partial charge < -0.3 is 4.12 Å². The molecule has 0 spiro atoms. The van der Waals surface area contributed by atoms with Crippen LogP contribution in [0.15, 0.2) is 0 Å². The molecule has 0 saturated heterocycles. The van der Waals surface area contributed by atoms with Crippen molar-refractivity contribution >= 4 is 25.4 Å². The number of hydrogen-bond donors (Lipinski definition) is 0. The standard InChI is InChI=1S/C9H26OSi3/c1-11(10-13(5,6)7)8-9-12(2,3)4/h11H,8-9H2,1-7H3. The lowest BCUT2D eigenvalue weighted by Crippen LogP contribution is -2.34. The highest BCUT2D eigenvalue weighted by Gasteiger charge is 2.21. The molecule has 1 nitrogen and oxygen atoms in total. The molecule has 0 saturated carbocycles. The van der Waals surface area contributed by atoms with Crippen molar-refractivity contribution in [1.29, 1.82) is 0 Å². The van der Waals surface area contributed by atoms with E-state index in [1.807, 2.05) is 0 Å². The van der Waals surface area contributed by atoms with Gasteiger partial charge in [0.05, 0.1) is 0 Å². The molecular weight excluding hydrogens is 208 g/mol. The Bertz CT molecular complexity index is 146. The Morgan fingerprint density at radius 2 is 1.46 bits per heavy atom. The first-order valence-electron chi connectivity index (χ1n) is 5.28. The van der Waals surface area contributed by atoms with Crippen LogP contribution in [0.25, 0.3) is 0 Å². The Labute approximate surface area is 87.8 Å². The topological polar surface area (TPSA) is 9.23 Å². The van der Waals surface area contributed by atoms with Crippen LogP contribution < -0.4 is 0 Å². The summed E-state index contributed by atoms with van der Waals surface area (Å²) in [6, 6.07) is 2.84. The van der Waals surface area contributed by atoms with Gasteiger partial charge in [0, 0.05) is 8.07 Å². The van der Waals surface area contributed by atoms with Gasteiger partial charge in [-0.1, -0.05) is 25.7 Å². The van der Waals surface area contributed by atoms with Gasteiger partial charge in [-0.2, -0.15) is 0 Å². The van der Waals surface area contributed by atoms with Crippen molar-refractivity contribution in [3.63, 3.8) is 0 Å². The van der Waals surface area contributed by atoms with Gasteiger partial charge in [0.25, 0.3) is 0 Å². The fourth-order valence-corrected chi connectivity index (χ4v) is 11.7. The maximum absolute atomic E-state index is 6.13. The summed E-state index contributed by atoms with van der Waals surface area (Å²) < 4.78 is 6.13. The zero-order valence-electron chi connectivity index (χ0n) is 10.4. The predicted octanol–water partition coefficient (Wildman–Crippen LogP) is 3.53. The van der Waals surface area contributed by atoms with E-state index >= 15 is 0 Å². The third-order valence-corrected chi connectivity index (χ3v) is 9.76. The molecule has 80 valence electrons. The third-order valence-electron chi connectivity index (χ3n) is 1.86. The van der Waals surface area contributed by atoms with Gasteiger partial charge in [0.2, 0.25) is 0 Å². The fraction of sp³-hybridized carbons (Fsp3) is 1.00. The maximum atomic E-state index is 6.13. The average molecular weight is 235 g/mol. The summed E-state index contributed by atoms with van der Waals surface area (Å²) in [6.45, 7) is 16.6. The summed E-state index contributed by atoms with van der Waals surface area (Å²) in [4.78, 5) is 0. The summed E-state index contributed by atoms with van der Waals surface area (Å²) in [7, 11) is -2.90. The average Bonchev–Trinajstić information content (AvgIpc) is 1.78. The van der Waals surface area contributed by atoms with Crippen LogP contribution in [0.2, 0.25) is 57.9 Å². The van der Waals surface area contributed by atoms with E-state index in [4.69, 9.17) is 4.12 Å². The molecule has 0 fully saturated rings. The van der Waals surface area contributed by atoms with E-state index in [0.29, 0.717) is 0 Å². The van der Waals surface area contributed by atoms with Crippen LogP contribution in [0.3, 0.4) is 0 Å². The van der Waals surface area contributed by atoms with Crippen LogP contribution in [-0.4, -0.2) is 25.4 Å². The monoisotopic (exact) mass is 234 g/mol. The highest BCUT2D eigenvalue weighted by molar-refractivity contribution is 6.79. The molecule has 0 aliphatic carbocycles. The molecule has 0 amide bonds. The second-order valence-electron chi connectivity index (χ2n) is 6.14. The molecule has 0 aromatic rings. The van der Waals surface area contributed by atoms with Gasteiger partial charge in [-0.05, 0) is 32.2 Å². The highest BCUT2D eigenvalue weighted by Crippen LogP contribution is 2.16. The number of hydrogen-bond acceptors (Lipinski definition) is 1. The minimum Gasteiger partial charge on any atom is -0.458 e. The Morgan fingerprint density at radius 1 is 1.00 bits per heavy atom. The van der Waals surface area contributed by atoms with Crippen LogP contribution in [0.5, 0.6) is 0 Å². The summed E-state index contributed by atoms with van der Waals surface area (Å²) in [5.74, 6) is 0. The Kier molecular flexibility index (Phi) is 5.14. The first kappa shape index (κ1) is 13.6. The predicted molar refractivity (Wildman–Crippen MR) is 70.4 cm³/mol. The summed E-state index contributed by atoms with van der Waals surface area (Å²) in [6.07, 6.45) is 0. The second kappa shape index (κ2) is 4.91. The highest BCUT2D eigenvalue weighted by atomic mass is 28.4. The van der Waals surface area contributed by atoms with Crippen LogP contribution in [-0.2, 0) is 4.12 Å². The van der Waals surface area contributed by atoms with E-state index in [9.17, 15) is 0 Å². The van der Waals surface area contributed by atoms with Crippen molar-refractivity contribution in [2.45, 2.75) is 57.9 Å². The molecule has 0 radical (unpaired) electrons. The Hall–Kier alpha value is 0.611. The Balaban J connectivity index is 3.70. The molecular formula is C9H26OSi3. The van der Waals surface area contributed by atoms with Crippen molar-refractivity contribution in [2.24, 2.45) is 0 Å². The maximum Gasteiger partial charge on any atom is 0.170 e. The Morgan fingerprint density at radius 3 is 1.77 bits per heavy atom. The van der Waals surface area contributed by atoms with E-state index in [1.165, 1.54) is 12.1 Å². The minimum absolute atomic E-state index is 0.825. The lowest BCUT2D eigenvalue weighted by atomic mass is 10.9. The third kappa shape index (κ3) is 10.5. The van der Waals surface area contributed by atoms with E-state index in [-0.39, 0.29) is 0 Å². The summed E-state index contributed by atoms with van der Waals surface area (Å²) in [5.41, 5.74) is 0. The van der Waals surface area contributed by atoms with Crippen LogP contribution in [0, 0.1) is 0 Å². The SMILES string of the molecule is C[SiH](CC[Si](C)(C)C)O[Si](C)(C)C. The van der Waals surface area contributed by atoms with Crippen molar-refractivity contribution in [3.8, 4) is 0 Å². The molecule has 0 aliphatic heterocycles. The van der Waals surface area contributed by atoms with E-state index in [2.05, 4.69) is 45.8 Å². The van der Waals surface area contributed by atoms with Crippen molar-refractivity contribution in [1.82, 2.24) is 0 Å². The summed E-state index contributed by atoms with van der Waals surface area (Å²) >= 11 is 0. The van der Waals surface area contributed by atoms with E-state index in [0.717, 1.165) is 0 Å². The van der Waals surface area contributed by atoms with Gasteiger partial charge in [-0.3, -0.25) is 0 Å². The van der Waals surface area contributed by atoms with Gasteiger partial charge in [-0.15, -0.1) is 0 Å². The molecule has 0 aliphatic rings. The molecule has 0 N–H and O–H groups in total. The molecule has 0 aromatic heterocycles. The van der Waals surface area contributed by atoms with Crippen LogP contribution in [0.4, 0.5) is 0 Å². The number of rotatable bonds is 5. The molecule has 0 bridgehead atoms. The van der Waals surface area contributed by atoms with Crippen molar-refractivity contribution in [2.75, 3.05) is 0 Å². The molecule has 0 heterocycles. The normalized spacial score (nSPS) is 15.9. The van der Waals surface area contributed by atoms with Gasteiger partial charge in [0.1, 0.15) is 0 Å². The molecule has 4 heteroatoms. The molecule has 0 rings (SSSR count). The first-order chi connectivity index (χ1) is 5.60. The molecule has 13 heavy (non-hydrogen) atoms. The van der Waals surface area contributed by atoms with E-state index in [1.54, 1.807) is 0 Å². The van der Waals surface area contributed by atoms with Gasteiger partial charge in [-0.25, -0.2) is 0 Å². The smallest absolute Gasteiger partial charge is 0.170 e. The second-order valence-corrected chi connectivity index (χ2v) is 19.1. The van der Waals surface area contributed by atoms with Crippen molar-refractivity contribution < 1.29 is 4.12 Å². The zero-order valence-corrected chi connectivity index (χ0v) is 13.6. The van der Waals surface area contributed by atoms with Gasteiger partial charge >= 0.3 is 0 Å². The van der Waals surface area contributed by atoms with E-state index < -0.39 is 25.4 Å². The lowest BCUT2D eigenvalue weighted by molar-refractivity contribution is 0.575. The fourth-order valence-electron chi connectivity index (χ4n) is 1.30. The van der Waals surface area contributed by atoms with Crippen LogP contribution >= 0.6 is 0 Å². The van der Waals surface area contributed by atoms with Crippen molar-refractivity contribution in [3.05, 3.63) is 0 Å². The zero-order chi connectivity index (χ0) is 10.7. The quantitative estimate of drug-likeness (QED) is 0.661. The molecule has 1 atom stereocenters.